The Morgan fingerprint density at radius 3 is 2.35 bits per heavy atom. The van der Waals surface area contributed by atoms with E-state index >= 15 is 0 Å². The number of amides is 1. The number of hydrogen-bond donors (Lipinski definition) is 0. The minimum atomic E-state index is 0.167. The van der Waals surface area contributed by atoms with Gasteiger partial charge in [-0.3, -0.25) is 9.78 Å². The SMILES string of the molecule is CN(C)CC(=O)N(CCCc1ccccc1)Cc1ccncc1. The molecule has 0 unspecified atom stereocenters. The van der Waals surface area contributed by atoms with Gasteiger partial charge in [-0.15, -0.1) is 0 Å². The van der Waals surface area contributed by atoms with E-state index in [2.05, 4.69) is 29.2 Å². The molecule has 0 saturated heterocycles. The van der Waals surface area contributed by atoms with Crippen molar-refractivity contribution in [1.82, 2.24) is 14.8 Å². The smallest absolute Gasteiger partial charge is 0.237 e. The zero-order valence-corrected chi connectivity index (χ0v) is 14.0. The van der Waals surface area contributed by atoms with Crippen LogP contribution in [0.1, 0.15) is 17.5 Å². The van der Waals surface area contributed by atoms with E-state index in [0.717, 1.165) is 24.9 Å². The summed E-state index contributed by atoms with van der Waals surface area (Å²) in [7, 11) is 3.85. The van der Waals surface area contributed by atoms with Gasteiger partial charge >= 0.3 is 0 Å². The van der Waals surface area contributed by atoms with Crippen LogP contribution in [0.15, 0.2) is 54.9 Å². The molecule has 0 aliphatic rings. The van der Waals surface area contributed by atoms with Gasteiger partial charge in [0.05, 0.1) is 6.54 Å². The van der Waals surface area contributed by atoms with E-state index in [-0.39, 0.29) is 5.91 Å². The molecule has 122 valence electrons. The first-order valence-electron chi connectivity index (χ1n) is 8.00. The number of benzene rings is 1. The number of aromatic nitrogens is 1. The Morgan fingerprint density at radius 2 is 1.70 bits per heavy atom. The predicted molar refractivity (Wildman–Crippen MR) is 93.0 cm³/mol. The number of carbonyl (C=O) groups excluding carboxylic acids is 1. The van der Waals surface area contributed by atoms with Crippen LogP contribution in [0, 0.1) is 0 Å². The van der Waals surface area contributed by atoms with E-state index in [9.17, 15) is 4.79 Å². The molecule has 0 fully saturated rings. The first kappa shape index (κ1) is 17.2. The molecule has 1 amide bonds. The summed E-state index contributed by atoms with van der Waals surface area (Å²) in [6.45, 7) is 1.85. The second-order valence-corrected chi connectivity index (χ2v) is 6.00. The van der Waals surface area contributed by atoms with Crippen LogP contribution in [0.4, 0.5) is 0 Å². The van der Waals surface area contributed by atoms with Gasteiger partial charge in [-0.05, 0) is 50.2 Å². The average molecular weight is 311 g/mol. The molecule has 0 spiro atoms. The van der Waals surface area contributed by atoms with Crippen molar-refractivity contribution in [2.45, 2.75) is 19.4 Å². The van der Waals surface area contributed by atoms with Gasteiger partial charge in [0.25, 0.3) is 0 Å². The molecule has 2 aromatic rings. The summed E-state index contributed by atoms with van der Waals surface area (Å²) in [5, 5.41) is 0. The van der Waals surface area contributed by atoms with Gasteiger partial charge in [0.15, 0.2) is 0 Å². The van der Waals surface area contributed by atoms with Gasteiger partial charge in [0.2, 0.25) is 5.91 Å². The highest BCUT2D eigenvalue weighted by atomic mass is 16.2. The summed E-state index contributed by atoms with van der Waals surface area (Å²) in [6.07, 6.45) is 5.50. The van der Waals surface area contributed by atoms with Crippen LogP contribution in [0.2, 0.25) is 0 Å². The topological polar surface area (TPSA) is 36.4 Å². The number of nitrogens with zero attached hydrogens (tertiary/aromatic N) is 3. The lowest BCUT2D eigenvalue weighted by molar-refractivity contribution is -0.132. The molecule has 1 heterocycles. The molecule has 0 N–H and O–H groups in total. The average Bonchev–Trinajstić information content (AvgIpc) is 2.55. The fourth-order valence-corrected chi connectivity index (χ4v) is 2.49. The van der Waals surface area contributed by atoms with Crippen molar-refractivity contribution in [1.29, 1.82) is 0 Å². The summed E-state index contributed by atoms with van der Waals surface area (Å²) >= 11 is 0. The van der Waals surface area contributed by atoms with Gasteiger partial charge < -0.3 is 9.80 Å². The second-order valence-electron chi connectivity index (χ2n) is 6.00. The summed E-state index contributed by atoms with van der Waals surface area (Å²) in [4.78, 5) is 20.4. The van der Waals surface area contributed by atoms with E-state index in [1.165, 1.54) is 5.56 Å². The maximum absolute atomic E-state index is 12.5. The lowest BCUT2D eigenvalue weighted by Crippen LogP contribution is -2.38. The van der Waals surface area contributed by atoms with E-state index in [1.807, 2.05) is 42.1 Å². The van der Waals surface area contributed by atoms with Crippen LogP contribution in [0.25, 0.3) is 0 Å². The zero-order chi connectivity index (χ0) is 16.5. The lowest BCUT2D eigenvalue weighted by Gasteiger charge is -2.24. The summed E-state index contributed by atoms with van der Waals surface area (Å²) < 4.78 is 0. The monoisotopic (exact) mass is 311 g/mol. The fraction of sp³-hybridized carbons (Fsp3) is 0.368. The highest BCUT2D eigenvalue weighted by molar-refractivity contribution is 5.78. The molecule has 0 aliphatic carbocycles. The molecular weight excluding hydrogens is 286 g/mol. The zero-order valence-electron chi connectivity index (χ0n) is 14.0. The normalized spacial score (nSPS) is 10.7. The molecule has 23 heavy (non-hydrogen) atoms. The third-order valence-corrected chi connectivity index (χ3v) is 3.66. The number of rotatable bonds is 8. The quantitative estimate of drug-likeness (QED) is 0.752. The first-order chi connectivity index (χ1) is 11.1. The van der Waals surface area contributed by atoms with Crippen LogP contribution >= 0.6 is 0 Å². The largest absolute Gasteiger partial charge is 0.337 e. The summed E-state index contributed by atoms with van der Waals surface area (Å²) in [5.74, 6) is 0.167. The highest BCUT2D eigenvalue weighted by Gasteiger charge is 2.14. The van der Waals surface area contributed by atoms with Crippen LogP contribution in [0.5, 0.6) is 0 Å². The number of hydrogen-bond acceptors (Lipinski definition) is 3. The van der Waals surface area contributed by atoms with Gasteiger partial charge in [0.1, 0.15) is 0 Å². The second kappa shape index (κ2) is 9.06. The van der Waals surface area contributed by atoms with Crippen molar-refractivity contribution in [3.63, 3.8) is 0 Å². The standard InChI is InChI=1S/C19H25N3O/c1-21(2)16-19(23)22(15-18-10-12-20-13-11-18)14-6-9-17-7-4-3-5-8-17/h3-5,7-8,10-13H,6,9,14-16H2,1-2H3. The molecular formula is C19H25N3O. The summed E-state index contributed by atoms with van der Waals surface area (Å²) in [6, 6.07) is 14.3. The molecule has 2 rings (SSSR count). The van der Waals surface area contributed by atoms with Crippen molar-refractivity contribution in [3.8, 4) is 0 Å². The van der Waals surface area contributed by atoms with Crippen molar-refractivity contribution in [2.75, 3.05) is 27.2 Å². The fourth-order valence-electron chi connectivity index (χ4n) is 2.49. The Bertz CT molecular complexity index is 584. The maximum atomic E-state index is 12.5. The Kier molecular flexibility index (Phi) is 6.76. The minimum Gasteiger partial charge on any atom is -0.337 e. The molecule has 0 aliphatic heterocycles. The highest BCUT2D eigenvalue weighted by Crippen LogP contribution is 2.08. The van der Waals surface area contributed by atoms with Gasteiger partial charge in [-0.1, -0.05) is 30.3 Å². The minimum absolute atomic E-state index is 0.167. The van der Waals surface area contributed by atoms with Crippen molar-refractivity contribution >= 4 is 5.91 Å². The molecule has 0 saturated carbocycles. The van der Waals surface area contributed by atoms with E-state index in [1.54, 1.807) is 12.4 Å². The Balaban J connectivity index is 1.94. The van der Waals surface area contributed by atoms with Gasteiger partial charge in [0, 0.05) is 25.5 Å². The lowest BCUT2D eigenvalue weighted by atomic mass is 10.1. The third kappa shape index (κ3) is 6.20. The van der Waals surface area contributed by atoms with Gasteiger partial charge in [-0.25, -0.2) is 0 Å². The third-order valence-electron chi connectivity index (χ3n) is 3.66. The Labute approximate surface area is 138 Å². The van der Waals surface area contributed by atoms with E-state index in [4.69, 9.17) is 0 Å². The number of aryl methyl sites for hydroxylation is 1. The van der Waals surface area contributed by atoms with Crippen LogP contribution < -0.4 is 0 Å². The molecule has 0 atom stereocenters. The molecule has 1 aromatic heterocycles. The Morgan fingerprint density at radius 1 is 1.00 bits per heavy atom. The van der Waals surface area contributed by atoms with Crippen LogP contribution in [-0.2, 0) is 17.8 Å². The van der Waals surface area contributed by atoms with Crippen molar-refractivity contribution in [3.05, 3.63) is 66.0 Å². The molecule has 0 bridgehead atoms. The number of likely N-dealkylation sites (N-methyl/N-ethyl adjacent to an activating group) is 1. The van der Waals surface area contributed by atoms with E-state index in [0.29, 0.717) is 13.1 Å². The van der Waals surface area contributed by atoms with E-state index < -0.39 is 0 Å². The first-order valence-corrected chi connectivity index (χ1v) is 8.00. The van der Waals surface area contributed by atoms with Crippen molar-refractivity contribution < 1.29 is 4.79 Å². The number of carbonyl (C=O) groups is 1. The van der Waals surface area contributed by atoms with Crippen LogP contribution in [-0.4, -0.2) is 47.9 Å². The predicted octanol–water partition coefficient (Wildman–Crippen LogP) is 2.60. The maximum Gasteiger partial charge on any atom is 0.237 e. The summed E-state index contributed by atoms with van der Waals surface area (Å²) in [5.41, 5.74) is 2.43. The molecule has 0 radical (unpaired) electrons. The van der Waals surface area contributed by atoms with Crippen LogP contribution in [0.3, 0.4) is 0 Å². The number of pyridine rings is 1. The molecule has 4 nitrogen and oxygen atoms in total. The molecule has 1 aromatic carbocycles. The Hall–Kier alpha value is -2.20. The molecule has 4 heteroatoms. The van der Waals surface area contributed by atoms with Crippen molar-refractivity contribution in [2.24, 2.45) is 0 Å². The van der Waals surface area contributed by atoms with Gasteiger partial charge in [-0.2, -0.15) is 0 Å².